The first-order valence-electron chi connectivity index (χ1n) is 7.45. The van der Waals surface area contributed by atoms with E-state index in [1.807, 2.05) is 30.3 Å². The van der Waals surface area contributed by atoms with Crippen LogP contribution in [0.3, 0.4) is 0 Å². The summed E-state index contributed by atoms with van der Waals surface area (Å²) in [6, 6.07) is 14.6. The number of para-hydroxylation sites is 1. The fraction of sp³-hybridized carbons (Fsp3) is 0.222. The van der Waals surface area contributed by atoms with Gasteiger partial charge in [-0.2, -0.15) is 11.8 Å². The molecule has 1 radical (unpaired) electrons. The van der Waals surface area contributed by atoms with Gasteiger partial charge in [-0.25, -0.2) is 0 Å². The van der Waals surface area contributed by atoms with Gasteiger partial charge in [0.05, 0.1) is 12.8 Å². The summed E-state index contributed by atoms with van der Waals surface area (Å²) in [6.45, 7) is 1.48. The van der Waals surface area contributed by atoms with Crippen LogP contribution < -0.4 is 10.1 Å². The molecule has 5 nitrogen and oxygen atoms in total. The largest absolute Gasteiger partial charge is 0.497 e. The third kappa shape index (κ3) is 2.63. The van der Waals surface area contributed by atoms with Gasteiger partial charge in [-0.1, -0.05) is 24.3 Å². The fourth-order valence-electron chi connectivity index (χ4n) is 2.74. The molecule has 2 N–H and O–H groups in total. The average Bonchev–Trinajstić information content (AvgIpc) is 2.71. The third-order valence-electron chi connectivity index (χ3n) is 4.31. The maximum Gasteiger partial charge on any atom is 0.320 e. The Morgan fingerprint density at radius 2 is 1.88 bits per heavy atom. The van der Waals surface area contributed by atoms with Crippen molar-refractivity contribution in [3.63, 3.8) is 0 Å². The molecule has 2 atom stereocenters. The van der Waals surface area contributed by atoms with E-state index in [4.69, 9.17) is 4.74 Å². The number of carboxylic acid groups (broad SMARTS) is 1. The molecule has 0 saturated carbocycles. The molecule has 0 aliphatic carbocycles. The number of carbonyl (C=O) groups is 2. The van der Waals surface area contributed by atoms with Crippen LogP contribution in [0.15, 0.2) is 53.4 Å². The Morgan fingerprint density at radius 1 is 1.21 bits per heavy atom. The number of benzene rings is 2. The van der Waals surface area contributed by atoms with E-state index in [1.165, 1.54) is 6.92 Å². The predicted octanol–water partition coefficient (Wildman–Crippen LogP) is 3.30. The highest BCUT2D eigenvalue weighted by molar-refractivity contribution is 7.99. The van der Waals surface area contributed by atoms with E-state index < -0.39 is 22.5 Å². The number of anilines is 1. The molecule has 0 fully saturated rings. The Labute approximate surface area is 144 Å². The molecule has 0 aromatic heterocycles. The standard InChI is InChI=1S/C18H18NO4S/c1-18(17(21)22)15(11-7-9-12(23-2)10-8-11)24-14-6-4-3-5-13(14)19-16(18)20/h3-10,15,24H,1-2H3,(H,19,20)(H,21,22). The molecule has 125 valence electrons. The molecule has 1 heterocycles. The van der Waals surface area contributed by atoms with Crippen LogP contribution in [0.4, 0.5) is 5.69 Å². The number of fused-ring (bicyclic) bond motifs is 1. The lowest BCUT2D eigenvalue weighted by atomic mass is 9.82. The van der Waals surface area contributed by atoms with Gasteiger partial charge < -0.3 is 15.2 Å². The minimum atomic E-state index is -1.57. The van der Waals surface area contributed by atoms with Crippen molar-refractivity contribution >= 4 is 29.3 Å². The number of ether oxygens (including phenoxy) is 1. The maximum atomic E-state index is 12.7. The number of thiol groups is 1. The van der Waals surface area contributed by atoms with Crippen molar-refractivity contribution in [1.29, 1.82) is 0 Å². The second-order valence-electron chi connectivity index (χ2n) is 5.78. The van der Waals surface area contributed by atoms with Gasteiger partial charge in [-0.3, -0.25) is 9.59 Å². The lowest BCUT2D eigenvalue weighted by Gasteiger charge is -2.31. The molecule has 1 aliphatic rings. The van der Waals surface area contributed by atoms with Crippen LogP contribution in [0.5, 0.6) is 5.75 Å². The molecule has 2 aromatic carbocycles. The summed E-state index contributed by atoms with van der Waals surface area (Å²) in [6.07, 6.45) is 0. The van der Waals surface area contributed by atoms with E-state index in [9.17, 15) is 14.7 Å². The number of methoxy groups -OCH3 is 1. The first-order valence-corrected chi connectivity index (χ1v) is 8.42. The SMILES string of the molecule is COc1ccc(C2[SH]c3ccccc3NC(=O)C2(C)C(=O)O)cc1. The Hall–Kier alpha value is -2.47. The van der Waals surface area contributed by atoms with Gasteiger partial charge in [-0.15, -0.1) is 0 Å². The van der Waals surface area contributed by atoms with Crippen LogP contribution in [0, 0.1) is 5.41 Å². The van der Waals surface area contributed by atoms with E-state index in [0.717, 1.165) is 22.2 Å². The van der Waals surface area contributed by atoms with Crippen molar-refractivity contribution in [2.24, 2.45) is 5.41 Å². The van der Waals surface area contributed by atoms with Gasteiger partial charge in [0, 0.05) is 10.1 Å². The first kappa shape index (κ1) is 16.4. The van der Waals surface area contributed by atoms with Gasteiger partial charge in [0.1, 0.15) is 5.75 Å². The Balaban J connectivity index is 2.13. The topological polar surface area (TPSA) is 75.6 Å². The van der Waals surface area contributed by atoms with E-state index in [1.54, 1.807) is 25.3 Å². The predicted molar refractivity (Wildman–Crippen MR) is 93.8 cm³/mol. The zero-order valence-electron chi connectivity index (χ0n) is 13.3. The number of rotatable bonds is 3. The number of hydrogen-bond donors (Lipinski definition) is 3. The van der Waals surface area contributed by atoms with E-state index in [2.05, 4.69) is 5.32 Å². The van der Waals surface area contributed by atoms with Crippen LogP contribution >= 0.6 is 11.8 Å². The molecule has 0 spiro atoms. The monoisotopic (exact) mass is 344 g/mol. The van der Waals surface area contributed by atoms with Gasteiger partial charge in [0.2, 0.25) is 5.91 Å². The summed E-state index contributed by atoms with van der Waals surface area (Å²) in [5.74, 6) is -0.958. The summed E-state index contributed by atoms with van der Waals surface area (Å²) in [7, 11) is 1.57. The summed E-state index contributed by atoms with van der Waals surface area (Å²) in [5, 5.41) is 12.1. The highest BCUT2D eigenvalue weighted by atomic mass is 32.2. The molecule has 6 heteroatoms. The van der Waals surface area contributed by atoms with Crippen molar-refractivity contribution < 1.29 is 19.4 Å². The summed E-state index contributed by atoms with van der Waals surface area (Å²) in [5.41, 5.74) is -0.128. The van der Waals surface area contributed by atoms with Gasteiger partial charge >= 0.3 is 5.97 Å². The molecule has 0 bridgehead atoms. The molecule has 2 aromatic rings. The first-order chi connectivity index (χ1) is 11.5. The summed E-state index contributed by atoms with van der Waals surface area (Å²) in [4.78, 5) is 25.6. The lowest BCUT2D eigenvalue weighted by molar-refractivity contribution is -0.152. The van der Waals surface area contributed by atoms with E-state index in [0.29, 0.717) is 11.4 Å². The molecule has 2 unspecified atom stereocenters. The van der Waals surface area contributed by atoms with E-state index >= 15 is 0 Å². The third-order valence-corrected chi connectivity index (χ3v) is 6.06. The Bertz CT molecular complexity index is 790. The highest BCUT2D eigenvalue weighted by Crippen LogP contribution is 2.52. The zero-order chi connectivity index (χ0) is 17.3. The van der Waals surface area contributed by atoms with Gasteiger partial charge in [0.15, 0.2) is 5.41 Å². The summed E-state index contributed by atoms with van der Waals surface area (Å²) >= 11 is 0.768. The number of hydrogen-bond acceptors (Lipinski definition) is 3. The van der Waals surface area contributed by atoms with Gasteiger partial charge in [0.25, 0.3) is 0 Å². The van der Waals surface area contributed by atoms with Gasteiger partial charge in [-0.05, 0) is 36.8 Å². The highest BCUT2D eigenvalue weighted by Gasteiger charge is 2.50. The quantitative estimate of drug-likeness (QED) is 0.590. The van der Waals surface area contributed by atoms with Crippen LogP contribution in [0.1, 0.15) is 17.7 Å². The number of nitrogens with one attached hydrogen (secondary N) is 1. The average molecular weight is 344 g/mol. The van der Waals surface area contributed by atoms with Crippen LogP contribution in [0.2, 0.25) is 0 Å². The zero-order valence-corrected chi connectivity index (χ0v) is 14.2. The number of aliphatic carboxylic acids is 1. The maximum absolute atomic E-state index is 12.7. The fourth-order valence-corrected chi connectivity index (χ4v) is 4.27. The molecule has 0 saturated heterocycles. The van der Waals surface area contributed by atoms with Crippen molar-refractivity contribution in [3.8, 4) is 5.75 Å². The number of amides is 1. The Morgan fingerprint density at radius 3 is 2.50 bits per heavy atom. The smallest absolute Gasteiger partial charge is 0.320 e. The Kier molecular flexibility index (Phi) is 4.24. The summed E-state index contributed by atoms with van der Waals surface area (Å²) < 4.78 is 5.16. The van der Waals surface area contributed by atoms with Crippen LogP contribution in [-0.2, 0) is 9.59 Å². The van der Waals surface area contributed by atoms with Crippen molar-refractivity contribution in [3.05, 3.63) is 54.1 Å². The molecule has 3 rings (SSSR count). The van der Waals surface area contributed by atoms with Crippen LogP contribution in [0.25, 0.3) is 0 Å². The number of carbonyl (C=O) groups excluding carboxylic acids is 1. The van der Waals surface area contributed by atoms with Crippen LogP contribution in [-0.4, -0.2) is 24.1 Å². The van der Waals surface area contributed by atoms with E-state index in [-0.39, 0.29) is 0 Å². The lowest BCUT2D eigenvalue weighted by Crippen LogP contribution is -2.43. The normalized spacial score (nSPS) is 22.9. The minimum absolute atomic E-state index is 0.506. The second-order valence-corrected chi connectivity index (χ2v) is 7.04. The molecular formula is C18H18NO4S. The molecular weight excluding hydrogens is 326 g/mol. The second kappa shape index (κ2) is 6.20. The molecule has 1 amide bonds. The van der Waals surface area contributed by atoms with Crippen molar-refractivity contribution in [2.75, 3.05) is 12.4 Å². The van der Waals surface area contributed by atoms with Crippen molar-refractivity contribution in [2.45, 2.75) is 17.1 Å². The van der Waals surface area contributed by atoms with Crippen molar-refractivity contribution in [1.82, 2.24) is 0 Å². The number of carboxylic acids is 1. The molecule has 24 heavy (non-hydrogen) atoms. The minimum Gasteiger partial charge on any atom is -0.497 e. The molecule has 1 aliphatic heterocycles.